The SMILES string of the molecule is Cn1cc(-c2ccc(N(C(=O)NCc3ccccc3)[C@H]3CC[C@H](Nc4ncc(C#N)c(NCc5cccc(S(C)(=O)=O)c5)n4)CC3)nc2)cn1. The van der Waals surface area contributed by atoms with Gasteiger partial charge >= 0.3 is 6.03 Å². The summed E-state index contributed by atoms with van der Waals surface area (Å²) in [4.78, 5) is 29.4. The molecule has 5 aromatic rings. The molecule has 2 aromatic carbocycles. The third-order valence-corrected chi connectivity index (χ3v) is 9.74. The third-order valence-electron chi connectivity index (χ3n) is 8.63. The van der Waals surface area contributed by atoms with Crippen LogP contribution in [0.15, 0.2) is 96.4 Å². The van der Waals surface area contributed by atoms with Crippen molar-refractivity contribution in [1.82, 2.24) is 30.0 Å². The van der Waals surface area contributed by atoms with Gasteiger partial charge in [-0.2, -0.15) is 15.3 Å². The first-order chi connectivity index (χ1) is 24.2. The fraction of sp³-hybridized carbons (Fsp3) is 0.278. The highest BCUT2D eigenvalue weighted by Gasteiger charge is 2.31. The van der Waals surface area contributed by atoms with Crippen LogP contribution in [0.5, 0.6) is 0 Å². The average molecular weight is 691 g/mol. The summed E-state index contributed by atoms with van der Waals surface area (Å²) in [6, 6.07) is 22.1. The number of nitrogens with zero attached hydrogens (tertiary/aromatic N) is 7. The first-order valence-corrected chi connectivity index (χ1v) is 18.2. The average Bonchev–Trinajstić information content (AvgIpc) is 3.57. The maximum atomic E-state index is 13.7. The Hall–Kier alpha value is -5.81. The summed E-state index contributed by atoms with van der Waals surface area (Å²) in [5.41, 5.74) is 3.88. The normalized spacial score (nSPS) is 15.9. The van der Waals surface area contributed by atoms with Gasteiger partial charge in [0.05, 0.1) is 17.3 Å². The van der Waals surface area contributed by atoms with Gasteiger partial charge < -0.3 is 16.0 Å². The maximum Gasteiger partial charge on any atom is 0.323 e. The second-order valence-corrected chi connectivity index (χ2v) is 14.3. The largest absolute Gasteiger partial charge is 0.365 e. The summed E-state index contributed by atoms with van der Waals surface area (Å²) in [5.74, 6) is 1.31. The van der Waals surface area contributed by atoms with Gasteiger partial charge in [0.1, 0.15) is 23.3 Å². The van der Waals surface area contributed by atoms with Crippen LogP contribution in [-0.4, -0.2) is 57.5 Å². The van der Waals surface area contributed by atoms with Gasteiger partial charge in [0.25, 0.3) is 0 Å². The van der Waals surface area contributed by atoms with E-state index in [1.807, 2.05) is 61.8 Å². The van der Waals surface area contributed by atoms with Gasteiger partial charge in [-0.05, 0) is 61.1 Å². The van der Waals surface area contributed by atoms with Crippen molar-refractivity contribution in [2.24, 2.45) is 7.05 Å². The van der Waals surface area contributed by atoms with Crippen LogP contribution in [0.3, 0.4) is 0 Å². The lowest BCUT2D eigenvalue weighted by molar-refractivity contribution is 0.240. The van der Waals surface area contributed by atoms with Crippen LogP contribution in [0, 0.1) is 11.3 Å². The second kappa shape index (κ2) is 15.2. The third kappa shape index (κ3) is 8.42. The van der Waals surface area contributed by atoms with Gasteiger partial charge in [0, 0.05) is 62.0 Å². The molecule has 1 aliphatic rings. The standard InChI is InChI=1S/C36H38N10O3S/c1-45-24-29(23-42-45)27-11-16-33(38-21-27)46(36(47)41-19-25-7-4-3-5-8-25)31-14-12-30(13-15-31)43-35-40-22-28(18-37)34(44-35)39-20-26-9-6-10-32(17-26)50(2,48)49/h3-11,16-17,21-24,30-31H,12-15,19-20H2,1-2H3,(H,41,47)(H2,39,40,43,44)/t30-,31-. The minimum Gasteiger partial charge on any atom is -0.365 e. The van der Waals surface area contributed by atoms with Crippen molar-refractivity contribution in [3.05, 3.63) is 108 Å². The van der Waals surface area contributed by atoms with E-state index in [1.54, 1.807) is 40.2 Å². The Morgan fingerprint density at radius 2 is 1.72 bits per heavy atom. The molecule has 0 atom stereocenters. The van der Waals surface area contributed by atoms with E-state index >= 15 is 0 Å². The monoisotopic (exact) mass is 690 g/mol. The fourth-order valence-electron chi connectivity index (χ4n) is 5.99. The lowest BCUT2D eigenvalue weighted by Gasteiger charge is -2.36. The zero-order valence-corrected chi connectivity index (χ0v) is 28.6. The van der Waals surface area contributed by atoms with E-state index in [0.717, 1.165) is 47.9 Å². The molecule has 3 heterocycles. The van der Waals surface area contributed by atoms with Crippen molar-refractivity contribution < 1.29 is 13.2 Å². The molecule has 0 bridgehead atoms. The predicted octanol–water partition coefficient (Wildman–Crippen LogP) is 5.30. The van der Waals surface area contributed by atoms with Crippen molar-refractivity contribution >= 4 is 33.5 Å². The maximum absolute atomic E-state index is 13.7. The number of sulfone groups is 1. The minimum absolute atomic E-state index is 0.0497. The molecule has 0 aliphatic heterocycles. The highest BCUT2D eigenvalue weighted by Crippen LogP contribution is 2.30. The van der Waals surface area contributed by atoms with E-state index in [4.69, 9.17) is 4.98 Å². The topological polar surface area (TPSA) is 171 Å². The van der Waals surface area contributed by atoms with Crippen LogP contribution in [0.4, 0.5) is 22.4 Å². The number of aryl methyl sites for hydroxylation is 1. The molecule has 50 heavy (non-hydrogen) atoms. The molecule has 3 aromatic heterocycles. The lowest BCUT2D eigenvalue weighted by atomic mass is 9.90. The van der Waals surface area contributed by atoms with E-state index in [-0.39, 0.29) is 35.1 Å². The molecule has 3 N–H and O–H groups in total. The van der Waals surface area contributed by atoms with Gasteiger partial charge in [-0.1, -0.05) is 42.5 Å². The van der Waals surface area contributed by atoms with Crippen molar-refractivity contribution in [2.45, 2.75) is 55.8 Å². The number of amides is 2. The fourth-order valence-corrected chi connectivity index (χ4v) is 6.68. The Morgan fingerprint density at radius 3 is 2.40 bits per heavy atom. The van der Waals surface area contributed by atoms with Crippen LogP contribution in [0.25, 0.3) is 11.1 Å². The number of benzene rings is 2. The molecule has 14 heteroatoms. The zero-order chi connectivity index (χ0) is 35.1. The van der Waals surface area contributed by atoms with Gasteiger partial charge in [0.15, 0.2) is 9.84 Å². The molecular formula is C36H38N10O3S. The molecule has 13 nitrogen and oxygen atoms in total. The number of carbonyl (C=O) groups is 1. The van der Waals surface area contributed by atoms with Gasteiger partial charge in [-0.3, -0.25) is 9.58 Å². The number of carbonyl (C=O) groups excluding carboxylic acids is 1. The molecule has 6 rings (SSSR count). The van der Waals surface area contributed by atoms with E-state index in [0.29, 0.717) is 24.1 Å². The predicted molar refractivity (Wildman–Crippen MR) is 191 cm³/mol. The van der Waals surface area contributed by atoms with Crippen molar-refractivity contribution in [3.8, 4) is 17.2 Å². The van der Waals surface area contributed by atoms with Gasteiger partial charge in [-0.15, -0.1) is 0 Å². The Balaban J connectivity index is 1.12. The first-order valence-electron chi connectivity index (χ1n) is 16.3. The number of urea groups is 1. The highest BCUT2D eigenvalue weighted by atomic mass is 32.2. The summed E-state index contributed by atoms with van der Waals surface area (Å²) in [6.07, 6.45) is 11.1. The molecule has 0 unspecified atom stereocenters. The number of hydrogen-bond acceptors (Lipinski definition) is 10. The number of nitrogens with one attached hydrogen (secondary N) is 3. The van der Waals surface area contributed by atoms with E-state index in [1.165, 1.54) is 12.5 Å². The van der Waals surface area contributed by atoms with Crippen LogP contribution >= 0.6 is 0 Å². The molecule has 0 spiro atoms. The Morgan fingerprint density at radius 1 is 0.940 bits per heavy atom. The quantitative estimate of drug-likeness (QED) is 0.165. The molecule has 1 aliphatic carbocycles. The molecular weight excluding hydrogens is 653 g/mol. The molecule has 1 fully saturated rings. The summed E-state index contributed by atoms with van der Waals surface area (Å²) in [6.45, 7) is 0.676. The van der Waals surface area contributed by atoms with Gasteiger partial charge in [0.2, 0.25) is 5.95 Å². The molecule has 2 amide bonds. The first kappa shape index (κ1) is 34.1. The Labute approximate surface area is 291 Å². The summed E-state index contributed by atoms with van der Waals surface area (Å²) in [7, 11) is -1.48. The number of pyridine rings is 1. The van der Waals surface area contributed by atoms with Crippen LogP contribution in [0.2, 0.25) is 0 Å². The van der Waals surface area contributed by atoms with E-state index < -0.39 is 9.84 Å². The Kier molecular flexibility index (Phi) is 10.3. The number of anilines is 3. The van der Waals surface area contributed by atoms with E-state index in [9.17, 15) is 18.5 Å². The van der Waals surface area contributed by atoms with Crippen LogP contribution in [0.1, 0.15) is 42.4 Å². The molecule has 1 saturated carbocycles. The lowest BCUT2D eigenvalue weighted by Crippen LogP contribution is -2.49. The Bertz CT molecular complexity index is 2090. The number of aromatic nitrogens is 5. The smallest absolute Gasteiger partial charge is 0.323 e. The molecule has 0 radical (unpaired) electrons. The van der Waals surface area contributed by atoms with Gasteiger partial charge in [-0.25, -0.2) is 23.2 Å². The van der Waals surface area contributed by atoms with Crippen molar-refractivity contribution in [3.63, 3.8) is 0 Å². The number of rotatable bonds is 11. The van der Waals surface area contributed by atoms with Crippen LogP contribution < -0.4 is 20.9 Å². The summed E-state index contributed by atoms with van der Waals surface area (Å²) < 4.78 is 25.7. The van der Waals surface area contributed by atoms with E-state index in [2.05, 4.69) is 37.1 Å². The second-order valence-electron chi connectivity index (χ2n) is 12.3. The minimum atomic E-state index is -3.35. The molecule has 0 saturated heterocycles. The van der Waals surface area contributed by atoms with Crippen LogP contribution in [-0.2, 0) is 30.0 Å². The zero-order valence-electron chi connectivity index (χ0n) is 27.8. The number of hydrogen-bond donors (Lipinski definition) is 3. The highest BCUT2D eigenvalue weighted by molar-refractivity contribution is 7.90. The molecule has 256 valence electrons. The van der Waals surface area contributed by atoms with Crippen molar-refractivity contribution in [2.75, 3.05) is 21.8 Å². The van der Waals surface area contributed by atoms with Crippen molar-refractivity contribution in [1.29, 1.82) is 5.26 Å². The number of nitriles is 1. The summed E-state index contributed by atoms with van der Waals surface area (Å²) in [5, 5.41) is 23.6. The summed E-state index contributed by atoms with van der Waals surface area (Å²) >= 11 is 0.